The van der Waals surface area contributed by atoms with Crippen LogP contribution < -0.4 is 4.57 Å². The lowest BCUT2D eigenvalue weighted by Crippen LogP contribution is -2.23. The van der Waals surface area contributed by atoms with Crippen molar-refractivity contribution in [2.45, 2.75) is 13.5 Å². The van der Waals surface area contributed by atoms with E-state index in [4.69, 9.17) is 0 Å². The van der Waals surface area contributed by atoms with Crippen molar-refractivity contribution in [3.8, 4) is 11.3 Å². The summed E-state index contributed by atoms with van der Waals surface area (Å²) in [5.74, 6) is 0. The van der Waals surface area contributed by atoms with Gasteiger partial charge in [-0.1, -0.05) is 48.5 Å². The Kier molecular flexibility index (Phi) is 7.83. The van der Waals surface area contributed by atoms with E-state index in [1.807, 2.05) is 36.4 Å². The van der Waals surface area contributed by atoms with E-state index < -0.39 is 15.3 Å². The molecule has 0 unspecified atom stereocenters. The fraction of sp³-hybridized carbons (Fsp3) is 0.190. The van der Waals surface area contributed by atoms with Gasteiger partial charge in [-0.25, -0.2) is 13.0 Å². The average molecular weight is 504 g/mol. The van der Waals surface area contributed by atoms with Crippen LogP contribution in [0.2, 0.25) is 0 Å². The smallest absolute Gasteiger partial charge is 0.414 e. The predicted molar refractivity (Wildman–Crippen MR) is 126 cm³/mol. The fourth-order valence-electron chi connectivity index (χ4n) is 3.28. The van der Waals surface area contributed by atoms with Crippen LogP contribution in [-0.2, 0) is 28.2 Å². The first-order valence-electron chi connectivity index (χ1n) is 9.90. The topological polar surface area (TPSA) is 143 Å². The summed E-state index contributed by atoms with van der Waals surface area (Å²) in [7, 11) is -1.88. The quantitative estimate of drug-likeness (QED) is 0.0937. The van der Waals surface area contributed by atoms with Crippen LogP contribution in [0.4, 0.5) is 15.8 Å². The first kappa shape index (κ1) is 25.1. The molecule has 0 spiro atoms. The van der Waals surface area contributed by atoms with Crippen LogP contribution in [0.1, 0.15) is 6.92 Å². The van der Waals surface area contributed by atoms with E-state index in [0.29, 0.717) is 5.13 Å². The van der Waals surface area contributed by atoms with Crippen molar-refractivity contribution in [2.24, 2.45) is 17.3 Å². The van der Waals surface area contributed by atoms with Crippen LogP contribution in [0.15, 0.2) is 71.0 Å². The number of fused-ring (bicyclic) bond motifs is 1. The van der Waals surface area contributed by atoms with E-state index in [1.165, 1.54) is 6.20 Å². The molecule has 178 valence electrons. The predicted octanol–water partition coefficient (Wildman–Crippen LogP) is 4.63. The Bertz CT molecular complexity index is 1450. The molecule has 34 heavy (non-hydrogen) atoms. The van der Waals surface area contributed by atoms with Gasteiger partial charge in [0.25, 0.3) is 0 Å². The lowest BCUT2D eigenvalue weighted by atomic mass is 10.1. The van der Waals surface area contributed by atoms with E-state index in [-0.39, 0.29) is 5.00 Å². The van der Waals surface area contributed by atoms with Crippen LogP contribution in [0.25, 0.3) is 22.2 Å². The molecule has 0 N–H and O–H groups in total. The van der Waals surface area contributed by atoms with Crippen LogP contribution in [0.5, 0.6) is 0 Å². The third kappa shape index (κ3) is 5.69. The van der Waals surface area contributed by atoms with Gasteiger partial charge < -0.3 is 9.12 Å². The van der Waals surface area contributed by atoms with Gasteiger partial charge in [0, 0.05) is 28.8 Å². The van der Waals surface area contributed by atoms with Gasteiger partial charge in [0.1, 0.15) is 5.69 Å². The van der Waals surface area contributed by atoms with Crippen molar-refractivity contribution in [2.75, 3.05) is 7.11 Å². The van der Waals surface area contributed by atoms with Gasteiger partial charge in [-0.3, -0.25) is 14.3 Å². The maximum absolute atomic E-state index is 11.0. The molecule has 4 aromatic rings. The lowest BCUT2D eigenvalue weighted by Gasteiger charge is -2.08. The average Bonchev–Trinajstić information content (AvgIpc) is 3.35. The fourth-order valence-corrected chi connectivity index (χ4v) is 4.04. The molecule has 4 rings (SSSR count). The normalized spacial score (nSPS) is 11.5. The standard InChI is InChI=1S/C20H18N5O2S.CH4O4S/c1-3-24-16-12-8-7-11-15(16)18(19(24)14-9-5-4-6-10-14)21-22-20-23(2)13-17(28-20)25(26)27;1-5-6(2,3)4/h4-13H,3H2,1-2H3;1H3,(H,2,3,4)/q+1;/p-1. The summed E-state index contributed by atoms with van der Waals surface area (Å²) in [6.45, 7) is 2.89. The van der Waals surface area contributed by atoms with Crippen molar-refractivity contribution in [1.82, 2.24) is 4.57 Å². The van der Waals surface area contributed by atoms with Gasteiger partial charge in [-0.05, 0) is 18.1 Å². The summed E-state index contributed by atoms with van der Waals surface area (Å²) >= 11 is 1.00. The van der Waals surface area contributed by atoms with Gasteiger partial charge in [-0.2, -0.15) is 0 Å². The zero-order chi connectivity index (χ0) is 24.9. The number of hydrogen-bond acceptors (Lipinski definition) is 9. The van der Waals surface area contributed by atoms with Crippen molar-refractivity contribution in [3.63, 3.8) is 0 Å². The first-order valence-corrected chi connectivity index (χ1v) is 12.0. The van der Waals surface area contributed by atoms with Crippen molar-refractivity contribution in [3.05, 3.63) is 70.9 Å². The Morgan fingerprint density at radius 2 is 1.74 bits per heavy atom. The Balaban J connectivity index is 0.000000481. The number of nitrogens with zero attached hydrogens (tertiary/aromatic N) is 5. The van der Waals surface area contributed by atoms with E-state index in [9.17, 15) is 23.1 Å². The second-order valence-electron chi connectivity index (χ2n) is 6.82. The number of aryl methyl sites for hydroxylation is 2. The number of aromatic nitrogens is 2. The maximum Gasteiger partial charge on any atom is 0.414 e. The number of hydrogen-bond donors (Lipinski definition) is 0. The Hall–Kier alpha value is -3.52. The van der Waals surface area contributed by atoms with Crippen molar-refractivity contribution < 1.29 is 26.6 Å². The monoisotopic (exact) mass is 503 g/mol. The molecule has 13 heteroatoms. The molecule has 2 heterocycles. The summed E-state index contributed by atoms with van der Waals surface area (Å²) in [5.41, 5.74) is 3.89. The molecule has 0 bridgehead atoms. The molecule has 0 aliphatic carbocycles. The van der Waals surface area contributed by atoms with Crippen LogP contribution in [-0.4, -0.2) is 29.6 Å². The summed E-state index contributed by atoms with van der Waals surface area (Å²) in [6.07, 6.45) is 1.45. The Morgan fingerprint density at radius 3 is 2.29 bits per heavy atom. The third-order valence-corrected chi connectivity index (χ3v) is 6.15. The second kappa shape index (κ2) is 10.6. The minimum absolute atomic E-state index is 0.0377. The molecule has 0 atom stereocenters. The zero-order valence-corrected chi connectivity index (χ0v) is 20.1. The summed E-state index contributed by atoms with van der Waals surface area (Å²) in [4.78, 5) is 10.6. The van der Waals surface area contributed by atoms with Crippen LogP contribution in [0, 0.1) is 10.1 Å². The van der Waals surface area contributed by atoms with E-state index in [1.54, 1.807) is 11.6 Å². The minimum atomic E-state index is -4.41. The molecule has 0 amide bonds. The highest BCUT2D eigenvalue weighted by Gasteiger charge is 2.23. The maximum atomic E-state index is 11.0. The summed E-state index contributed by atoms with van der Waals surface area (Å²) in [5, 5.41) is 21.4. The molecule has 2 aromatic carbocycles. The molecular weight excluding hydrogens is 482 g/mol. The lowest BCUT2D eigenvalue weighted by molar-refractivity contribution is -0.656. The molecule has 0 aliphatic rings. The molecule has 0 saturated carbocycles. The van der Waals surface area contributed by atoms with Gasteiger partial charge >= 0.3 is 10.1 Å². The molecule has 0 aliphatic heterocycles. The highest BCUT2D eigenvalue weighted by atomic mass is 32.3. The van der Waals surface area contributed by atoms with Crippen LogP contribution >= 0.6 is 11.3 Å². The zero-order valence-electron chi connectivity index (χ0n) is 18.5. The van der Waals surface area contributed by atoms with Gasteiger partial charge in [-0.15, -0.1) is 0 Å². The number of nitro groups is 1. The van der Waals surface area contributed by atoms with E-state index in [2.05, 4.69) is 44.1 Å². The highest BCUT2D eigenvalue weighted by molar-refractivity contribution is 7.80. The molecule has 0 saturated heterocycles. The molecular formula is C21H21N5O6S2. The highest BCUT2D eigenvalue weighted by Crippen LogP contribution is 2.41. The molecule has 0 fully saturated rings. The molecule has 0 radical (unpaired) electrons. The van der Waals surface area contributed by atoms with Gasteiger partial charge in [0.05, 0.1) is 35.4 Å². The van der Waals surface area contributed by atoms with E-state index >= 15 is 0 Å². The molecule has 2 aromatic heterocycles. The number of azo groups is 1. The Labute approximate surface area is 199 Å². The number of benzene rings is 2. The minimum Gasteiger partial charge on any atom is -0.726 e. The van der Waals surface area contributed by atoms with Gasteiger partial charge in [0.2, 0.25) is 10.4 Å². The second-order valence-corrected chi connectivity index (χ2v) is 8.96. The van der Waals surface area contributed by atoms with Gasteiger partial charge in [0.15, 0.2) is 6.20 Å². The Morgan fingerprint density at radius 1 is 1.12 bits per heavy atom. The summed E-state index contributed by atoms with van der Waals surface area (Å²) < 4.78 is 34.9. The number of rotatable bonds is 6. The summed E-state index contributed by atoms with van der Waals surface area (Å²) in [6, 6.07) is 18.2. The SMILES string of the molecule is CCn1c(-c2ccccc2)c(N=Nc2sc([N+](=O)[O-])c[n+]2C)c2ccccc21.COS(=O)(=O)[O-]. The van der Waals surface area contributed by atoms with Crippen molar-refractivity contribution in [1.29, 1.82) is 0 Å². The van der Waals surface area contributed by atoms with Crippen LogP contribution in [0.3, 0.4) is 0 Å². The number of thiazole rings is 1. The van der Waals surface area contributed by atoms with Crippen molar-refractivity contribution >= 4 is 48.5 Å². The first-order chi connectivity index (χ1) is 16.2. The van der Waals surface area contributed by atoms with E-state index in [0.717, 1.165) is 52.8 Å². The third-order valence-electron chi connectivity index (χ3n) is 4.73. The largest absolute Gasteiger partial charge is 0.726 e. The molecule has 11 nitrogen and oxygen atoms in total. The number of para-hydroxylation sites is 1.